The van der Waals surface area contributed by atoms with Crippen LogP contribution in [0.15, 0.2) is 18.2 Å². The first-order chi connectivity index (χ1) is 9.24. The van der Waals surface area contributed by atoms with Crippen LogP contribution in [0.4, 0.5) is 0 Å². The van der Waals surface area contributed by atoms with E-state index in [-0.39, 0.29) is 18.1 Å². The summed E-state index contributed by atoms with van der Waals surface area (Å²) in [4.78, 5) is 0. The molecule has 0 amide bonds. The van der Waals surface area contributed by atoms with E-state index in [0.29, 0.717) is 12.6 Å². The maximum atomic E-state index is 9.38. The average Bonchev–Trinajstić information content (AvgIpc) is 2.34. The number of aryl methyl sites for hydroxylation is 1. The van der Waals surface area contributed by atoms with Crippen molar-refractivity contribution in [1.29, 1.82) is 0 Å². The van der Waals surface area contributed by atoms with Gasteiger partial charge in [0.05, 0.1) is 12.6 Å². The minimum atomic E-state index is -0.0379. The van der Waals surface area contributed by atoms with E-state index in [1.54, 1.807) is 0 Å². The van der Waals surface area contributed by atoms with Crippen LogP contribution < -0.4 is 10.1 Å². The zero-order chi connectivity index (χ0) is 15.3. The molecule has 3 heteroatoms. The highest BCUT2D eigenvalue weighted by Gasteiger charge is 2.20. The quantitative estimate of drug-likeness (QED) is 0.841. The predicted molar refractivity (Wildman–Crippen MR) is 84.5 cm³/mol. The first-order valence-corrected chi connectivity index (χ1v) is 7.35. The summed E-state index contributed by atoms with van der Waals surface area (Å²) < 4.78 is 5.95. The molecular weight excluding hydrogens is 250 g/mol. The molecule has 1 unspecified atom stereocenters. The molecule has 3 nitrogen and oxygen atoms in total. The molecule has 0 heterocycles. The summed E-state index contributed by atoms with van der Waals surface area (Å²) in [7, 11) is 0. The van der Waals surface area contributed by atoms with Crippen LogP contribution in [0.2, 0.25) is 0 Å². The largest absolute Gasteiger partial charge is 0.492 e. The van der Waals surface area contributed by atoms with Crippen LogP contribution in [-0.2, 0) is 5.41 Å². The fourth-order valence-electron chi connectivity index (χ4n) is 2.17. The number of aliphatic hydroxyl groups excluding tert-OH is 1. The van der Waals surface area contributed by atoms with Crippen molar-refractivity contribution in [3.05, 3.63) is 29.3 Å². The fraction of sp³-hybridized carbons (Fsp3) is 0.647. The number of hydrogen-bond donors (Lipinski definition) is 2. The highest BCUT2D eigenvalue weighted by Crippen LogP contribution is 2.32. The van der Waals surface area contributed by atoms with E-state index in [9.17, 15) is 5.11 Å². The zero-order valence-corrected chi connectivity index (χ0v) is 13.7. The summed E-state index contributed by atoms with van der Waals surface area (Å²) in [6, 6.07) is 6.56. The molecule has 0 aromatic heterocycles. The number of rotatable bonds is 6. The van der Waals surface area contributed by atoms with Gasteiger partial charge in [0.25, 0.3) is 0 Å². The summed E-state index contributed by atoms with van der Waals surface area (Å²) in [6.45, 7) is 13.3. The summed E-state index contributed by atoms with van der Waals surface area (Å²) >= 11 is 0. The van der Waals surface area contributed by atoms with Crippen molar-refractivity contribution in [3.8, 4) is 5.75 Å². The molecule has 20 heavy (non-hydrogen) atoms. The van der Waals surface area contributed by atoms with E-state index >= 15 is 0 Å². The van der Waals surface area contributed by atoms with E-state index in [4.69, 9.17) is 4.74 Å². The molecule has 2 N–H and O–H groups in total. The predicted octanol–water partition coefficient (Wildman–Crippen LogP) is 3.03. The van der Waals surface area contributed by atoms with Gasteiger partial charge in [0.1, 0.15) is 12.4 Å². The van der Waals surface area contributed by atoms with Crippen LogP contribution >= 0.6 is 0 Å². The summed E-state index contributed by atoms with van der Waals surface area (Å²) in [5.41, 5.74) is 2.49. The smallest absolute Gasteiger partial charge is 0.123 e. The van der Waals surface area contributed by atoms with Gasteiger partial charge in [-0.1, -0.05) is 52.3 Å². The second-order valence-electron chi connectivity index (χ2n) is 6.76. The lowest BCUT2D eigenvalue weighted by Crippen LogP contribution is -2.41. The van der Waals surface area contributed by atoms with Crippen molar-refractivity contribution in [1.82, 2.24) is 5.32 Å². The van der Waals surface area contributed by atoms with E-state index in [0.717, 1.165) is 5.75 Å². The Morgan fingerprint density at radius 3 is 2.40 bits per heavy atom. The molecule has 0 saturated carbocycles. The van der Waals surface area contributed by atoms with Gasteiger partial charge < -0.3 is 15.2 Å². The zero-order valence-electron chi connectivity index (χ0n) is 13.7. The number of nitrogens with one attached hydrogen (secondary N) is 1. The minimum Gasteiger partial charge on any atom is -0.492 e. The second kappa shape index (κ2) is 7.09. The standard InChI is InChI=1S/C17H29NO2/c1-12(2)18-14(10-19)11-20-16-8-7-13(3)9-15(16)17(4,5)6/h7-9,12,14,18-19H,10-11H2,1-6H3. The van der Waals surface area contributed by atoms with Gasteiger partial charge in [0, 0.05) is 6.04 Å². The normalized spacial score (nSPS) is 13.6. The van der Waals surface area contributed by atoms with Crippen molar-refractivity contribution in [2.24, 2.45) is 0 Å². The highest BCUT2D eigenvalue weighted by molar-refractivity contribution is 5.41. The third-order valence-corrected chi connectivity index (χ3v) is 3.17. The molecule has 114 valence electrons. The van der Waals surface area contributed by atoms with Crippen LogP contribution in [-0.4, -0.2) is 30.4 Å². The van der Waals surface area contributed by atoms with Crippen LogP contribution in [0, 0.1) is 6.92 Å². The molecule has 0 aliphatic rings. The molecule has 0 aliphatic heterocycles. The van der Waals surface area contributed by atoms with Gasteiger partial charge in [-0.3, -0.25) is 0 Å². The van der Waals surface area contributed by atoms with Gasteiger partial charge in [-0.05, 0) is 24.0 Å². The Balaban J connectivity index is 2.82. The molecule has 0 spiro atoms. The Labute approximate surface area is 123 Å². The number of hydrogen-bond acceptors (Lipinski definition) is 3. The molecule has 1 rings (SSSR count). The molecular formula is C17H29NO2. The average molecular weight is 279 g/mol. The first kappa shape index (κ1) is 17.0. The minimum absolute atomic E-state index is 0.0379. The van der Waals surface area contributed by atoms with Gasteiger partial charge in [0.15, 0.2) is 0 Å². The molecule has 0 saturated heterocycles. The third-order valence-electron chi connectivity index (χ3n) is 3.17. The van der Waals surface area contributed by atoms with Gasteiger partial charge in [-0.25, -0.2) is 0 Å². The monoisotopic (exact) mass is 279 g/mol. The SMILES string of the molecule is Cc1ccc(OCC(CO)NC(C)C)c(C(C)(C)C)c1. The van der Waals surface area contributed by atoms with Gasteiger partial charge in [0.2, 0.25) is 0 Å². The Hall–Kier alpha value is -1.06. The maximum absolute atomic E-state index is 9.38. The lowest BCUT2D eigenvalue weighted by Gasteiger charge is -2.25. The van der Waals surface area contributed by atoms with E-state index in [1.165, 1.54) is 11.1 Å². The van der Waals surface area contributed by atoms with E-state index in [2.05, 4.69) is 59.0 Å². The van der Waals surface area contributed by atoms with Gasteiger partial charge in [-0.15, -0.1) is 0 Å². The fourth-order valence-corrected chi connectivity index (χ4v) is 2.17. The third kappa shape index (κ3) is 5.14. The van der Waals surface area contributed by atoms with Crippen LogP contribution in [0.1, 0.15) is 45.7 Å². The number of ether oxygens (including phenoxy) is 1. The van der Waals surface area contributed by atoms with Crippen LogP contribution in [0.3, 0.4) is 0 Å². The topological polar surface area (TPSA) is 41.5 Å². The molecule has 0 aliphatic carbocycles. The second-order valence-corrected chi connectivity index (χ2v) is 6.76. The van der Waals surface area contributed by atoms with Gasteiger partial charge >= 0.3 is 0 Å². The highest BCUT2D eigenvalue weighted by atomic mass is 16.5. The molecule has 1 aromatic rings. The van der Waals surface area contributed by atoms with Crippen molar-refractivity contribution in [2.45, 2.75) is 59.0 Å². The van der Waals surface area contributed by atoms with Crippen LogP contribution in [0.5, 0.6) is 5.75 Å². The summed E-state index contributed by atoms with van der Waals surface area (Å²) in [6.07, 6.45) is 0. The molecule has 0 fully saturated rings. The van der Waals surface area contributed by atoms with E-state index in [1.807, 2.05) is 6.07 Å². The number of benzene rings is 1. The molecule has 0 bridgehead atoms. The molecule has 0 radical (unpaired) electrons. The van der Waals surface area contributed by atoms with Crippen LogP contribution in [0.25, 0.3) is 0 Å². The Morgan fingerprint density at radius 1 is 1.25 bits per heavy atom. The Bertz CT molecular complexity index is 421. The lowest BCUT2D eigenvalue weighted by molar-refractivity contribution is 0.175. The maximum Gasteiger partial charge on any atom is 0.123 e. The van der Waals surface area contributed by atoms with Gasteiger partial charge in [-0.2, -0.15) is 0 Å². The van der Waals surface area contributed by atoms with E-state index < -0.39 is 0 Å². The number of aliphatic hydroxyl groups is 1. The van der Waals surface area contributed by atoms with Crippen molar-refractivity contribution in [3.63, 3.8) is 0 Å². The molecule has 1 aromatic carbocycles. The summed E-state index contributed by atoms with van der Waals surface area (Å²) in [5.74, 6) is 0.909. The lowest BCUT2D eigenvalue weighted by atomic mass is 9.85. The van der Waals surface area contributed by atoms with Crippen molar-refractivity contribution >= 4 is 0 Å². The summed E-state index contributed by atoms with van der Waals surface area (Å²) in [5, 5.41) is 12.7. The Kier molecular flexibility index (Phi) is 6.03. The first-order valence-electron chi connectivity index (χ1n) is 7.35. The molecule has 1 atom stereocenters. The Morgan fingerprint density at radius 2 is 1.90 bits per heavy atom. The van der Waals surface area contributed by atoms with Crippen molar-refractivity contribution < 1.29 is 9.84 Å². The van der Waals surface area contributed by atoms with Crippen molar-refractivity contribution in [2.75, 3.05) is 13.2 Å².